The molecule has 0 aromatic carbocycles. The van der Waals surface area contributed by atoms with Crippen LogP contribution in [-0.2, 0) is 0 Å². The lowest BCUT2D eigenvalue weighted by atomic mass is 10.0. The van der Waals surface area contributed by atoms with E-state index in [2.05, 4.69) is 25.7 Å². The SMILES string of the molecule is CC(C)N1CC[C@](C)(N)C1.S. The number of rotatable bonds is 1. The van der Waals surface area contributed by atoms with Gasteiger partial charge in [0.05, 0.1) is 0 Å². The first-order valence-corrected chi connectivity index (χ1v) is 4.04. The lowest BCUT2D eigenvalue weighted by molar-refractivity contribution is 0.260. The van der Waals surface area contributed by atoms with Crippen molar-refractivity contribution < 1.29 is 0 Å². The van der Waals surface area contributed by atoms with Crippen LogP contribution in [0.1, 0.15) is 27.2 Å². The Morgan fingerprint density at radius 1 is 1.45 bits per heavy atom. The van der Waals surface area contributed by atoms with Gasteiger partial charge in [0.15, 0.2) is 0 Å². The van der Waals surface area contributed by atoms with Crippen molar-refractivity contribution in [1.82, 2.24) is 4.90 Å². The second-order valence-corrected chi connectivity index (χ2v) is 3.97. The second kappa shape index (κ2) is 3.78. The van der Waals surface area contributed by atoms with E-state index in [1.54, 1.807) is 0 Å². The standard InChI is InChI=1S/C8H18N2.H2S/c1-7(2)10-5-4-8(3,9)6-10;/h7H,4-6,9H2,1-3H3;1H2/t8-;/m0./s1. The van der Waals surface area contributed by atoms with E-state index in [4.69, 9.17) is 5.73 Å². The van der Waals surface area contributed by atoms with Crippen molar-refractivity contribution >= 4 is 13.5 Å². The summed E-state index contributed by atoms with van der Waals surface area (Å²) in [6.45, 7) is 8.81. The van der Waals surface area contributed by atoms with E-state index >= 15 is 0 Å². The molecule has 1 heterocycles. The molecule has 1 saturated heterocycles. The number of nitrogens with zero attached hydrogens (tertiary/aromatic N) is 1. The molecule has 68 valence electrons. The maximum Gasteiger partial charge on any atom is 0.0267 e. The van der Waals surface area contributed by atoms with E-state index < -0.39 is 0 Å². The molecule has 0 aromatic rings. The van der Waals surface area contributed by atoms with Crippen LogP contribution in [0.25, 0.3) is 0 Å². The van der Waals surface area contributed by atoms with Crippen LogP contribution in [0.4, 0.5) is 0 Å². The predicted octanol–water partition coefficient (Wildman–Crippen LogP) is 0.931. The van der Waals surface area contributed by atoms with Crippen LogP contribution in [0.3, 0.4) is 0 Å². The molecule has 0 aromatic heterocycles. The lowest BCUT2D eigenvalue weighted by Gasteiger charge is -2.22. The van der Waals surface area contributed by atoms with Crippen molar-refractivity contribution in [2.24, 2.45) is 5.73 Å². The van der Waals surface area contributed by atoms with Gasteiger partial charge in [0.25, 0.3) is 0 Å². The van der Waals surface area contributed by atoms with Gasteiger partial charge < -0.3 is 5.73 Å². The highest BCUT2D eigenvalue weighted by atomic mass is 32.1. The van der Waals surface area contributed by atoms with Gasteiger partial charge in [-0.1, -0.05) is 0 Å². The summed E-state index contributed by atoms with van der Waals surface area (Å²) >= 11 is 0. The first kappa shape index (κ1) is 11.3. The fourth-order valence-corrected chi connectivity index (χ4v) is 1.46. The molecule has 2 nitrogen and oxygen atoms in total. The largest absolute Gasteiger partial charge is 0.324 e. The van der Waals surface area contributed by atoms with E-state index in [1.807, 2.05) is 0 Å². The zero-order valence-corrected chi connectivity index (χ0v) is 8.72. The molecule has 0 amide bonds. The van der Waals surface area contributed by atoms with Crippen LogP contribution in [-0.4, -0.2) is 29.6 Å². The topological polar surface area (TPSA) is 29.3 Å². The third-order valence-electron chi connectivity index (χ3n) is 2.26. The van der Waals surface area contributed by atoms with Gasteiger partial charge in [0.2, 0.25) is 0 Å². The van der Waals surface area contributed by atoms with Crippen LogP contribution in [0.2, 0.25) is 0 Å². The minimum absolute atomic E-state index is 0. The fraction of sp³-hybridized carbons (Fsp3) is 1.00. The maximum absolute atomic E-state index is 5.96. The summed E-state index contributed by atoms with van der Waals surface area (Å²) in [5.74, 6) is 0. The van der Waals surface area contributed by atoms with Crippen molar-refractivity contribution in [3.05, 3.63) is 0 Å². The summed E-state index contributed by atoms with van der Waals surface area (Å²) < 4.78 is 0. The smallest absolute Gasteiger partial charge is 0.0267 e. The molecule has 0 bridgehead atoms. The van der Waals surface area contributed by atoms with Crippen LogP contribution in [0.15, 0.2) is 0 Å². The normalized spacial score (nSPS) is 32.5. The third-order valence-corrected chi connectivity index (χ3v) is 2.26. The Balaban J connectivity index is 0.000001000. The van der Waals surface area contributed by atoms with E-state index in [1.165, 1.54) is 6.54 Å². The quantitative estimate of drug-likeness (QED) is 0.644. The molecule has 11 heavy (non-hydrogen) atoms. The molecule has 2 N–H and O–H groups in total. The molecule has 1 atom stereocenters. The van der Waals surface area contributed by atoms with E-state index in [0.29, 0.717) is 6.04 Å². The molecule has 1 aliphatic rings. The molecule has 0 saturated carbocycles. The summed E-state index contributed by atoms with van der Waals surface area (Å²) in [6.07, 6.45) is 1.14. The average molecular weight is 176 g/mol. The molecule has 0 aliphatic carbocycles. The molecule has 0 radical (unpaired) electrons. The van der Waals surface area contributed by atoms with Crippen molar-refractivity contribution in [2.75, 3.05) is 13.1 Å². The highest BCUT2D eigenvalue weighted by molar-refractivity contribution is 7.59. The highest BCUT2D eigenvalue weighted by Crippen LogP contribution is 2.19. The van der Waals surface area contributed by atoms with E-state index in [0.717, 1.165) is 13.0 Å². The van der Waals surface area contributed by atoms with E-state index in [9.17, 15) is 0 Å². The Bertz CT molecular complexity index is 123. The summed E-state index contributed by atoms with van der Waals surface area (Å²) in [4.78, 5) is 2.43. The Morgan fingerprint density at radius 2 is 2.00 bits per heavy atom. The van der Waals surface area contributed by atoms with Gasteiger partial charge >= 0.3 is 0 Å². The number of hydrogen-bond acceptors (Lipinski definition) is 2. The van der Waals surface area contributed by atoms with Crippen LogP contribution < -0.4 is 5.73 Å². The zero-order chi connectivity index (χ0) is 7.78. The van der Waals surface area contributed by atoms with Crippen molar-refractivity contribution in [2.45, 2.75) is 38.8 Å². The number of likely N-dealkylation sites (tertiary alicyclic amines) is 1. The number of hydrogen-bond donors (Lipinski definition) is 1. The number of nitrogens with two attached hydrogens (primary N) is 1. The van der Waals surface area contributed by atoms with Gasteiger partial charge in [-0.15, -0.1) is 0 Å². The minimum atomic E-state index is 0. The van der Waals surface area contributed by atoms with Gasteiger partial charge in [-0.2, -0.15) is 13.5 Å². The molecular formula is C8H20N2S. The highest BCUT2D eigenvalue weighted by Gasteiger charge is 2.30. The summed E-state index contributed by atoms with van der Waals surface area (Å²) in [6, 6.07) is 0.658. The van der Waals surface area contributed by atoms with Gasteiger partial charge in [-0.3, -0.25) is 4.90 Å². The minimum Gasteiger partial charge on any atom is -0.324 e. The predicted molar refractivity (Wildman–Crippen MR) is 54.3 cm³/mol. The van der Waals surface area contributed by atoms with Crippen molar-refractivity contribution in [1.29, 1.82) is 0 Å². The molecule has 1 fully saturated rings. The second-order valence-electron chi connectivity index (χ2n) is 3.97. The van der Waals surface area contributed by atoms with Crippen LogP contribution in [0, 0.1) is 0 Å². The summed E-state index contributed by atoms with van der Waals surface area (Å²) in [5.41, 5.74) is 6.04. The van der Waals surface area contributed by atoms with Gasteiger partial charge in [0.1, 0.15) is 0 Å². The lowest BCUT2D eigenvalue weighted by Crippen LogP contribution is -2.40. The van der Waals surface area contributed by atoms with E-state index in [-0.39, 0.29) is 19.0 Å². The van der Waals surface area contributed by atoms with Gasteiger partial charge in [-0.25, -0.2) is 0 Å². The fourth-order valence-electron chi connectivity index (χ4n) is 1.46. The van der Waals surface area contributed by atoms with Gasteiger partial charge in [0, 0.05) is 24.7 Å². The molecule has 1 aliphatic heterocycles. The Kier molecular flexibility index (Phi) is 3.88. The molecule has 0 spiro atoms. The molecular weight excluding hydrogens is 156 g/mol. The summed E-state index contributed by atoms with van der Waals surface area (Å²) in [5, 5.41) is 0. The Hall–Kier alpha value is 0.270. The van der Waals surface area contributed by atoms with Crippen LogP contribution >= 0.6 is 13.5 Å². The molecule has 3 heteroatoms. The van der Waals surface area contributed by atoms with Crippen LogP contribution in [0.5, 0.6) is 0 Å². The molecule has 0 unspecified atom stereocenters. The Morgan fingerprint density at radius 3 is 2.18 bits per heavy atom. The van der Waals surface area contributed by atoms with Gasteiger partial charge in [-0.05, 0) is 27.2 Å². The third kappa shape index (κ3) is 3.01. The maximum atomic E-state index is 5.96. The first-order valence-electron chi connectivity index (χ1n) is 4.04. The first-order chi connectivity index (χ1) is 4.51. The van der Waals surface area contributed by atoms with Crippen molar-refractivity contribution in [3.8, 4) is 0 Å². The monoisotopic (exact) mass is 176 g/mol. The molecule has 1 rings (SSSR count). The average Bonchev–Trinajstić information content (AvgIpc) is 2.10. The van der Waals surface area contributed by atoms with Crippen molar-refractivity contribution in [3.63, 3.8) is 0 Å². The summed E-state index contributed by atoms with van der Waals surface area (Å²) in [7, 11) is 0. The Labute approximate surface area is 76.6 Å². The zero-order valence-electron chi connectivity index (χ0n) is 7.72.